The van der Waals surface area contributed by atoms with Crippen molar-refractivity contribution in [3.8, 4) is 5.75 Å². The van der Waals surface area contributed by atoms with Gasteiger partial charge >= 0.3 is 6.09 Å². The molecule has 2 aliphatic heterocycles. The Labute approximate surface area is 209 Å². The Morgan fingerprint density at radius 1 is 1.09 bits per heavy atom. The smallest absolute Gasteiger partial charge is 0.410 e. The van der Waals surface area contributed by atoms with Gasteiger partial charge in [0.25, 0.3) is 0 Å². The van der Waals surface area contributed by atoms with Gasteiger partial charge in [-0.3, -0.25) is 19.4 Å². The fraction of sp³-hybridized carbons (Fsp3) is 0.654. The van der Waals surface area contributed by atoms with Crippen LogP contribution in [-0.4, -0.2) is 72.4 Å². The van der Waals surface area contributed by atoms with E-state index < -0.39 is 0 Å². The molecule has 0 aromatic heterocycles. The summed E-state index contributed by atoms with van der Waals surface area (Å²) in [7, 11) is 3.39. The van der Waals surface area contributed by atoms with Gasteiger partial charge in [0.1, 0.15) is 5.75 Å². The third-order valence-corrected chi connectivity index (χ3v) is 7.42. The number of carbonyl (C=O) groups excluding carboxylic acids is 3. The normalized spacial score (nSPS) is 23.7. The summed E-state index contributed by atoms with van der Waals surface area (Å²) in [5.74, 6) is 1.13. The molecule has 2 saturated heterocycles. The number of hydrogen-bond acceptors (Lipinski definition) is 5. The van der Waals surface area contributed by atoms with Crippen molar-refractivity contribution in [3.05, 3.63) is 29.3 Å². The van der Waals surface area contributed by atoms with Crippen molar-refractivity contribution < 1.29 is 19.1 Å². The zero-order chi connectivity index (χ0) is 23.8. The minimum Gasteiger partial charge on any atom is -0.410 e. The maximum Gasteiger partial charge on any atom is 0.414 e. The van der Waals surface area contributed by atoms with E-state index in [1.165, 1.54) is 20.9 Å². The fourth-order valence-electron chi connectivity index (χ4n) is 5.76. The molecule has 2 heterocycles. The third kappa shape index (κ3) is 5.57. The number of imide groups is 1. The SMILES string of the molecule is CN(C)C(=O)Oc1cccc2c1CC[C@@H]1[C@H]2CCN1CCCCN1C(=O)CC(C)(C)CC1=O.Cl. The van der Waals surface area contributed by atoms with Gasteiger partial charge in [0.2, 0.25) is 11.8 Å². The zero-order valence-corrected chi connectivity index (χ0v) is 21.7. The number of likely N-dealkylation sites (tertiary alicyclic amines) is 2. The van der Waals surface area contributed by atoms with Crippen LogP contribution in [-0.2, 0) is 16.0 Å². The molecule has 1 aromatic rings. The van der Waals surface area contributed by atoms with Gasteiger partial charge in [-0.1, -0.05) is 26.0 Å². The number of ether oxygens (including phenoxy) is 1. The number of halogens is 1. The maximum absolute atomic E-state index is 12.4. The molecule has 0 saturated carbocycles. The van der Waals surface area contributed by atoms with E-state index in [1.54, 1.807) is 14.1 Å². The Morgan fingerprint density at radius 2 is 1.76 bits per heavy atom. The fourth-order valence-corrected chi connectivity index (χ4v) is 5.76. The van der Waals surface area contributed by atoms with Crippen molar-refractivity contribution in [2.24, 2.45) is 5.41 Å². The molecule has 7 nitrogen and oxygen atoms in total. The van der Waals surface area contributed by atoms with Gasteiger partial charge in [0, 0.05) is 45.4 Å². The zero-order valence-electron chi connectivity index (χ0n) is 20.8. The molecule has 4 rings (SSSR count). The van der Waals surface area contributed by atoms with E-state index in [-0.39, 0.29) is 35.7 Å². The average Bonchev–Trinajstić information content (AvgIpc) is 3.15. The van der Waals surface area contributed by atoms with Gasteiger partial charge in [-0.2, -0.15) is 0 Å². The molecule has 2 fully saturated rings. The highest BCUT2D eigenvalue weighted by Crippen LogP contribution is 2.44. The van der Waals surface area contributed by atoms with E-state index in [0.717, 1.165) is 45.2 Å². The number of fused-ring (bicyclic) bond motifs is 3. The summed E-state index contributed by atoms with van der Waals surface area (Å²) in [6.07, 6.45) is 5.50. The molecular weight excluding hydrogens is 454 g/mol. The van der Waals surface area contributed by atoms with Crippen molar-refractivity contribution in [1.29, 1.82) is 0 Å². The van der Waals surface area contributed by atoms with Gasteiger partial charge in [-0.25, -0.2) is 4.79 Å². The highest BCUT2D eigenvalue weighted by atomic mass is 35.5. The quantitative estimate of drug-likeness (QED) is 0.440. The topological polar surface area (TPSA) is 70.2 Å². The largest absolute Gasteiger partial charge is 0.414 e. The lowest BCUT2D eigenvalue weighted by Gasteiger charge is -2.35. The van der Waals surface area contributed by atoms with E-state index >= 15 is 0 Å². The van der Waals surface area contributed by atoms with Crippen LogP contribution < -0.4 is 4.74 Å². The van der Waals surface area contributed by atoms with Crippen LogP contribution in [0.2, 0.25) is 0 Å². The Morgan fingerprint density at radius 3 is 2.44 bits per heavy atom. The van der Waals surface area contributed by atoms with Crippen LogP contribution in [0.4, 0.5) is 4.79 Å². The molecule has 2 atom stereocenters. The molecule has 188 valence electrons. The van der Waals surface area contributed by atoms with Crippen LogP contribution in [0.1, 0.15) is 69.4 Å². The second-order valence-electron chi connectivity index (χ2n) is 10.8. The molecule has 0 radical (unpaired) electrons. The summed E-state index contributed by atoms with van der Waals surface area (Å²) in [5.41, 5.74) is 2.29. The standard InChI is InChI=1S/C26H37N3O4.ClH/c1-26(2)16-23(30)29(24(31)17-26)14-6-5-13-28-15-12-19-18-8-7-9-22(33-25(32)27(3)4)20(18)10-11-21(19)28;/h7-9,19,21H,5-6,10-17H2,1-4H3;1H/t19-,21+;/m0./s1. The number of hydrogen-bond donors (Lipinski definition) is 0. The van der Waals surface area contributed by atoms with Crippen LogP contribution in [0.5, 0.6) is 5.75 Å². The highest BCUT2D eigenvalue weighted by Gasteiger charge is 2.40. The lowest BCUT2D eigenvalue weighted by atomic mass is 9.79. The third-order valence-electron chi connectivity index (χ3n) is 7.42. The summed E-state index contributed by atoms with van der Waals surface area (Å²) >= 11 is 0. The lowest BCUT2D eigenvalue weighted by Crippen LogP contribution is -2.46. The van der Waals surface area contributed by atoms with Gasteiger partial charge in [-0.05, 0) is 67.8 Å². The average molecular weight is 492 g/mol. The minimum atomic E-state index is -0.340. The predicted molar refractivity (Wildman–Crippen MR) is 133 cm³/mol. The Balaban J connectivity index is 0.00000324. The Bertz CT molecular complexity index is 913. The van der Waals surface area contributed by atoms with E-state index in [9.17, 15) is 14.4 Å². The first-order chi connectivity index (χ1) is 15.7. The molecule has 1 aromatic carbocycles. The van der Waals surface area contributed by atoms with Crippen LogP contribution >= 0.6 is 12.4 Å². The Kier molecular flexibility index (Phi) is 8.30. The lowest BCUT2D eigenvalue weighted by molar-refractivity contribution is -0.152. The van der Waals surface area contributed by atoms with Gasteiger partial charge in [0.05, 0.1) is 0 Å². The first kappa shape index (κ1) is 26.5. The molecular formula is C26H38ClN3O4. The van der Waals surface area contributed by atoms with Gasteiger partial charge in [-0.15, -0.1) is 12.4 Å². The maximum atomic E-state index is 12.4. The summed E-state index contributed by atoms with van der Waals surface area (Å²) < 4.78 is 5.63. The van der Waals surface area contributed by atoms with Crippen molar-refractivity contribution in [2.45, 2.75) is 70.8 Å². The van der Waals surface area contributed by atoms with E-state index in [0.29, 0.717) is 37.1 Å². The first-order valence-electron chi connectivity index (χ1n) is 12.2. The summed E-state index contributed by atoms with van der Waals surface area (Å²) in [5, 5.41) is 0. The van der Waals surface area contributed by atoms with Crippen molar-refractivity contribution in [2.75, 3.05) is 33.7 Å². The first-order valence-corrected chi connectivity index (χ1v) is 12.2. The molecule has 0 bridgehead atoms. The van der Waals surface area contributed by atoms with Crippen molar-refractivity contribution >= 4 is 30.3 Å². The predicted octanol–water partition coefficient (Wildman–Crippen LogP) is 4.23. The number of rotatable bonds is 6. The number of nitrogens with zero attached hydrogens (tertiary/aromatic N) is 3. The second-order valence-corrected chi connectivity index (χ2v) is 10.8. The number of amides is 3. The summed E-state index contributed by atoms with van der Waals surface area (Å²) in [6, 6.07) is 6.60. The van der Waals surface area contributed by atoms with Gasteiger partial charge in [0.15, 0.2) is 0 Å². The van der Waals surface area contributed by atoms with Crippen LogP contribution in [0.3, 0.4) is 0 Å². The molecule has 0 unspecified atom stereocenters. The number of benzene rings is 1. The molecule has 3 aliphatic rings. The van der Waals surface area contributed by atoms with E-state index in [2.05, 4.69) is 11.0 Å². The van der Waals surface area contributed by atoms with Crippen molar-refractivity contribution in [1.82, 2.24) is 14.7 Å². The molecule has 8 heteroatoms. The molecule has 3 amide bonds. The number of unbranched alkanes of at least 4 members (excludes halogenated alkanes) is 1. The second kappa shape index (κ2) is 10.6. The summed E-state index contributed by atoms with van der Waals surface area (Å²) in [4.78, 5) is 42.3. The molecule has 0 N–H and O–H groups in total. The molecule has 1 aliphatic carbocycles. The van der Waals surface area contributed by atoms with Crippen molar-refractivity contribution in [3.63, 3.8) is 0 Å². The van der Waals surface area contributed by atoms with E-state index in [1.807, 2.05) is 26.0 Å². The molecule has 34 heavy (non-hydrogen) atoms. The monoisotopic (exact) mass is 491 g/mol. The number of piperidine rings is 1. The number of carbonyl (C=O) groups is 3. The highest BCUT2D eigenvalue weighted by molar-refractivity contribution is 5.98. The minimum absolute atomic E-state index is 0. The van der Waals surface area contributed by atoms with Crippen LogP contribution in [0, 0.1) is 5.41 Å². The van der Waals surface area contributed by atoms with Crippen LogP contribution in [0.25, 0.3) is 0 Å². The van der Waals surface area contributed by atoms with E-state index in [4.69, 9.17) is 4.74 Å². The summed E-state index contributed by atoms with van der Waals surface area (Å²) in [6.45, 7) is 6.57. The van der Waals surface area contributed by atoms with Crippen LogP contribution in [0.15, 0.2) is 18.2 Å². The van der Waals surface area contributed by atoms with Gasteiger partial charge < -0.3 is 9.64 Å². The Hall–Kier alpha value is -2.12. The molecule has 0 spiro atoms.